The number of thiazole rings is 1. The van der Waals surface area contributed by atoms with Gasteiger partial charge >= 0.3 is 5.91 Å². The number of anilines is 2. The van der Waals surface area contributed by atoms with Crippen LogP contribution in [0.25, 0.3) is 17.0 Å². The van der Waals surface area contributed by atoms with E-state index >= 15 is 0 Å². The van der Waals surface area contributed by atoms with Gasteiger partial charge in [0, 0.05) is 22.4 Å². The Bertz CT molecular complexity index is 1780. The van der Waals surface area contributed by atoms with Crippen LogP contribution in [0.3, 0.4) is 0 Å². The fraction of sp³-hybridized carbons (Fsp3) is 0.267. The number of carbonyl (C=O) groups is 3. The molecule has 0 radical (unpaired) electrons. The van der Waals surface area contributed by atoms with Gasteiger partial charge in [0.25, 0.3) is 0 Å². The molecule has 3 aliphatic rings. The minimum absolute atomic E-state index is 0.0186. The highest BCUT2D eigenvalue weighted by Gasteiger charge is 2.64. The van der Waals surface area contributed by atoms with Crippen LogP contribution in [0.5, 0.6) is 5.75 Å². The zero-order valence-electron chi connectivity index (χ0n) is 23.1. The quantitative estimate of drug-likeness (QED) is 0.185. The number of hydrogen-bond acceptors (Lipinski definition) is 11. The molecule has 4 atom stereocenters. The second kappa shape index (κ2) is 10.1. The maximum Gasteiger partial charge on any atom is 0.348 e. The van der Waals surface area contributed by atoms with E-state index < -0.39 is 58.0 Å². The Kier molecular flexibility index (Phi) is 6.73. The van der Waals surface area contributed by atoms with E-state index in [-0.39, 0.29) is 41.2 Å². The summed E-state index contributed by atoms with van der Waals surface area (Å²) in [4.78, 5) is 45.4. The summed E-state index contributed by atoms with van der Waals surface area (Å²) < 4.78 is 13.3. The number of quaternary nitrogens is 1. The standard InChI is InChI=1S/C30H27FN4O7S/c1-35(2)22-16-10-14-9-13-5-8-17(33-29-34-18(11-43-29)12-3-6-15(31)7-4-12)23(36)19(13)24(37)20(14)26(39)30(16,42)27(40)21(25(22)38)28(32)41/h3-8,11,14,16,22,36-37,40,42H,9-10H2,1-2H3,(H2,32,41)(H,33,34)/p+1. The summed E-state index contributed by atoms with van der Waals surface area (Å²) in [6.07, 6.45) is 0.233. The predicted octanol–water partition coefficient (Wildman–Crippen LogP) is 2.25. The fourth-order valence-corrected chi connectivity index (χ4v) is 7.28. The largest absolute Gasteiger partial charge is 0.508 e. The van der Waals surface area contributed by atoms with Crippen LogP contribution in [-0.4, -0.2) is 73.5 Å². The molecule has 3 aliphatic carbocycles. The molecular formula is C30H28FN4O7S+. The topological polar surface area (TPSA) is 188 Å². The molecule has 1 heterocycles. The lowest BCUT2D eigenvalue weighted by molar-refractivity contribution is -0.299. The number of likely N-dealkylation sites (N-methyl/N-ethyl adjacent to an activating group) is 1. The lowest BCUT2D eigenvalue weighted by Gasteiger charge is -2.50. The van der Waals surface area contributed by atoms with Gasteiger partial charge in [0.2, 0.25) is 5.78 Å². The number of fused-ring (bicyclic) bond motifs is 3. The number of nitrogens with zero attached hydrogens (tertiary/aromatic N) is 2. The Hall–Kier alpha value is -4.43. The lowest BCUT2D eigenvalue weighted by atomic mass is 9.57. The molecule has 1 saturated carbocycles. The van der Waals surface area contributed by atoms with Crippen LogP contribution < -0.4 is 11.1 Å². The molecule has 222 valence electrons. The number of carbonyl (C=O) groups excluding carboxylic acids is 3. The maximum absolute atomic E-state index is 14.0. The molecule has 0 aliphatic heterocycles. The third kappa shape index (κ3) is 4.27. The number of amides is 1. The number of phenols is 1. The van der Waals surface area contributed by atoms with Gasteiger partial charge < -0.3 is 25.7 Å². The SMILES string of the molecule is CN(C)C1C(=O)C(C([NH3+])=O)=C(O)C2(O)C(=O)C3=C(O)c4c(ccc(Nc5nc(-c6ccc(F)cc6)cs5)c4O)CC3CC12. The number of aliphatic hydroxyl groups excluding tert-OH is 2. The smallest absolute Gasteiger partial charge is 0.348 e. The number of hydrogen-bond donors (Lipinski definition) is 6. The molecule has 3 aromatic rings. The molecule has 0 spiro atoms. The van der Waals surface area contributed by atoms with E-state index in [1.807, 2.05) is 0 Å². The second-order valence-corrected chi connectivity index (χ2v) is 12.0. The summed E-state index contributed by atoms with van der Waals surface area (Å²) in [5.74, 6) is -6.95. The van der Waals surface area contributed by atoms with E-state index in [2.05, 4.69) is 16.0 Å². The number of benzene rings is 2. The highest BCUT2D eigenvalue weighted by atomic mass is 32.1. The number of halogens is 1. The van der Waals surface area contributed by atoms with Gasteiger partial charge in [-0.05, 0) is 68.8 Å². The van der Waals surface area contributed by atoms with E-state index in [4.69, 9.17) is 0 Å². The number of Topliss-reactive ketones (excluding diaryl/α,β-unsaturated/α-hetero) is 2. The summed E-state index contributed by atoms with van der Waals surface area (Å²) in [7, 11) is 3.13. The molecule has 1 aromatic heterocycles. The molecule has 0 bridgehead atoms. The Labute approximate surface area is 248 Å². The van der Waals surface area contributed by atoms with Gasteiger partial charge in [0.15, 0.2) is 27.8 Å². The normalized spacial score (nSPS) is 25.0. The molecule has 8 N–H and O–H groups in total. The van der Waals surface area contributed by atoms with Gasteiger partial charge in [-0.2, -0.15) is 0 Å². The van der Waals surface area contributed by atoms with Crippen LogP contribution >= 0.6 is 11.3 Å². The zero-order valence-corrected chi connectivity index (χ0v) is 23.9. The average Bonchev–Trinajstić information content (AvgIpc) is 3.41. The number of rotatable bonds is 5. The van der Waals surface area contributed by atoms with Crippen molar-refractivity contribution in [2.24, 2.45) is 11.8 Å². The minimum atomic E-state index is -2.66. The van der Waals surface area contributed by atoms with E-state index in [1.54, 1.807) is 43.7 Å². The fourth-order valence-electron chi connectivity index (χ4n) is 6.55. The molecule has 13 heteroatoms. The molecule has 43 heavy (non-hydrogen) atoms. The number of aromatic hydroxyl groups is 1. The Morgan fingerprint density at radius 3 is 2.49 bits per heavy atom. The number of aromatic nitrogens is 1. The third-order valence-corrected chi connectivity index (χ3v) is 9.27. The first-order chi connectivity index (χ1) is 20.3. The molecule has 6 rings (SSSR count). The van der Waals surface area contributed by atoms with E-state index in [9.17, 15) is 39.2 Å². The van der Waals surface area contributed by atoms with Crippen LogP contribution in [-0.2, 0) is 20.8 Å². The summed E-state index contributed by atoms with van der Waals surface area (Å²) in [6, 6.07) is 8.04. The van der Waals surface area contributed by atoms with E-state index in [1.165, 1.54) is 28.4 Å². The third-order valence-electron chi connectivity index (χ3n) is 8.51. The van der Waals surface area contributed by atoms with Gasteiger partial charge in [-0.15, -0.1) is 11.3 Å². The maximum atomic E-state index is 14.0. The van der Waals surface area contributed by atoms with Crippen molar-refractivity contribution in [3.63, 3.8) is 0 Å². The van der Waals surface area contributed by atoms with Crippen LogP contribution in [0.4, 0.5) is 15.2 Å². The van der Waals surface area contributed by atoms with Crippen molar-refractivity contribution >= 4 is 45.4 Å². The molecule has 11 nitrogen and oxygen atoms in total. The van der Waals surface area contributed by atoms with Crippen LogP contribution in [0.15, 0.2) is 58.7 Å². The van der Waals surface area contributed by atoms with Crippen molar-refractivity contribution in [3.05, 3.63) is 75.6 Å². The van der Waals surface area contributed by atoms with E-state index in [0.29, 0.717) is 22.0 Å². The first-order valence-corrected chi connectivity index (χ1v) is 14.3. The van der Waals surface area contributed by atoms with Gasteiger partial charge in [-0.1, -0.05) is 6.07 Å². The van der Waals surface area contributed by atoms with Crippen molar-refractivity contribution in [3.8, 4) is 17.0 Å². The molecule has 1 fully saturated rings. The summed E-state index contributed by atoms with van der Waals surface area (Å²) in [5, 5.41) is 50.6. The molecule has 1 amide bonds. The number of phenolic OH excluding ortho intramolecular Hbond substituents is 1. The van der Waals surface area contributed by atoms with Crippen LogP contribution in [0.1, 0.15) is 17.5 Å². The number of ketones is 2. The Morgan fingerprint density at radius 1 is 1.14 bits per heavy atom. The van der Waals surface area contributed by atoms with Crippen LogP contribution in [0.2, 0.25) is 0 Å². The summed E-state index contributed by atoms with van der Waals surface area (Å²) in [5.41, 5.74) is 1.59. The Balaban J connectivity index is 1.40. The number of aliphatic hydroxyl groups is 3. The predicted molar refractivity (Wildman–Crippen MR) is 154 cm³/mol. The average molecular weight is 608 g/mol. The Morgan fingerprint density at radius 2 is 1.84 bits per heavy atom. The first-order valence-electron chi connectivity index (χ1n) is 13.4. The molecule has 2 aromatic carbocycles. The number of nitrogens with one attached hydrogen (secondary N) is 1. The van der Waals surface area contributed by atoms with Gasteiger partial charge in [-0.25, -0.2) is 14.2 Å². The van der Waals surface area contributed by atoms with Crippen molar-refractivity contribution in [2.45, 2.75) is 24.5 Å². The molecule has 0 saturated heterocycles. The lowest BCUT2D eigenvalue weighted by Crippen LogP contribution is -2.68. The van der Waals surface area contributed by atoms with Crippen molar-refractivity contribution in [1.29, 1.82) is 0 Å². The van der Waals surface area contributed by atoms with Gasteiger partial charge in [0.05, 0.1) is 23.0 Å². The van der Waals surface area contributed by atoms with Gasteiger partial charge in [0.1, 0.15) is 17.3 Å². The summed E-state index contributed by atoms with van der Waals surface area (Å²) in [6.45, 7) is 0. The van der Waals surface area contributed by atoms with E-state index in [0.717, 1.165) is 0 Å². The van der Waals surface area contributed by atoms with Crippen molar-refractivity contribution < 1.29 is 44.9 Å². The zero-order chi connectivity index (χ0) is 31.0. The first kappa shape index (κ1) is 28.7. The molecule has 4 unspecified atom stereocenters. The molecular weight excluding hydrogens is 579 g/mol. The minimum Gasteiger partial charge on any atom is -0.508 e. The van der Waals surface area contributed by atoms with Crippen LogP contribution in [0, 0.1) is 17.7 Å². The second-order valence-electron chi connectivity index (χ2n) is 11.2. The summed E-state index contributed by atoms with van der Waals surface area (Å²) >= 11 is 1.24. The van der Waals surface area contributed by atoms with Crippen molar-refractivity contribution in [2.75, 3.05) is 19.4 Å². The highest BCUT2D eigenvalue weighted by molar-refractivity contribution is 7.14. The van der Waals surface area contributed by atoms with Gasteiger partial charge in [-0.3, -0.25) is 20.2 Å². The van der Waals surface area contributed by atoms with Crippen molar-refractivity contribution in [1.82, 2.24) is 9.88 Å². The highest BCUT2D eigenvalue weighted by Crippen LogP contribution is 2.53. The monoisotopic (exact) mass is 607 g/mol.